The summed E-state index contributed by atoms with van der Waals surface area (Å²) in [6.07, 6.45) is 4.98. The molecular formula is C13H19ClN6O. The van der Waals surface area contributed by atoms with Crippen LogP contribution in [-0.2, 0) is 4.79 Å². The number of rotatable bonds is 4. The number of nitrogens with zero attached hydrogens (tertiary/aromatic N) is 4. The molecule has 3 heterocycles. The minimum absolute atomic E-state index is 0.101. The number of halogens is 1. The summed E-state index contributed by atoms with van der Waals surface area (Å²) in [7, 11) is 0. The summed E-state index contributed by atoms with van der Waals surface area (Å²) in [6, 6.07) is 0.131. The predicted octanol–water partition coefficient (Wildman–Crippen LogP) is 1.21. The molecule has 0 bridgehead atoms. The zero-order valence-corrected chi connectivity index (χ0v) is 12.6. The van der Waals surface area contributed by atoms with Crippen molar-refractivity contribution in [2.24, 2.45) is 0 Å². The topological polar surface area (TPSA) is 83.0 Å². The van der Waals surface area contributed by atoms with E-state index >= 15 is 0 Å². The van der Waals surface area contributed by atoms with Crippen molar-refractivity contribution in [2.45, 2.75) is 38.1 Å². The van der Waals surface area contributed by atoms with Crippen LogP contribution in [0.4, 0.5) is 11.9 Å². The van der Waals surface area contributed by atoms with E-state index in [0.717, 1.165) is 32.4 Å². The molecule has 1 amide bonds. The summed E-state index contributed by atoms with van der Waals surface area (Å²) < 4.78 is 0. The molecule has 2 aliphatic rings. The molecule has 2 fully saturated rings. The molecule has 0 aliphatic carbocycles. The molecule has 2 aliphatic heterocycles. The number of hydrogen-bond donors (Lipinski definition) is 2. The molecule has 114 valence electrons. The van der Waals surface area contributed by atoms with Gasteiger partial charge in [-0.1, -0.05) is 0 Å². The highest BCUT2D eigenvalue weighted by atomic mass is 35.5. The van der Waals surface area contributed by atoms with E-state index in [1.165, 1.54) is 6.42 Å². The Morgan fingerprint density at radius 2 is 2.05 bits per heavy atom. The average molecular weight is 311 g/mol. The van der Waals surface area contributed by atoms with Crippen LogP contribution in [0.15, 0.2) is 0 Å². The molecule has 1 atom stereocenters. The zero-order valence-electron chi connectivity index (χ0n) is 11.8. The monoisotopic (exact) mass is 310 g/mol. The van der Waals surface area contributed by atoms with Gasteiger partial charge < -0.3 is 15.5 Å². The molecule has 1 aromatic heterocycles. The minimum atomic E-state index is 0.101. The van der Waals surface area contributed by atoms with Gasteiger partial charge in [0.2, 0.25) is 23.1 Å². The molecule has 8 heteroatoms. The van der Waals surface area contributed by atoms with E-state index in [2.05, 4.69) is 30.5 Å². The van der Waals surface area contributed by atoms with E-state index in [4.69, 9.17) is 11.6 Å². The third kappa shape index (κ3) is 3.72. The molecule has 0 spiro atoms. The molecule has 1 unspecified atom stereocenters. The van der Waals surface area contributed by atoms with Crippen LogP contribution in [-0.4, -0.2) is 46.5 Å². The molecule has 3 rings (SSSR count). The van der Waals surface area contributed by atoms with Crippen molar-refractivity contribution in [1.82, 2.24) is 20.3 Å². The van der Waals surface area contributed by atoms with Crippen LogP contribution in [0, 0.1) is 0 Å². The van der Waals surface area contributed by atoms with Crippen LogP contribution in [0.25, 0.3) is 0 Å². The normalized spacial score (nSPS) is 22.2. The van der Waals surface area contributed by atoms with Crippen molar-refractivity contribution >= 4 is 29.4 Å². The van der Waals surface area contributed by atoms with Gasteiger partial charge in [0.1, 0.15) is 0 Å². The Morgan fingerprint density at radius 3 is 2.76 bits per heavy atom. The summed E-state index contributed by atoms with van der Waals surface area (Å²) in [5.74, 6) is 1.20. The molecule has 21 heavy (non-hydrogen) atoms. The molecule has 0 aromatic carbocycles. The van der Waals surface area contributed by atoms with Gasteiger partial charge in [-0.3, -0.25) is 4.79 Å². The van der Waals surface area contributed by atoms with E-state index in [1.54, 1.807) is 0 Å². The number of anilines is 2. The van der Waals surface area contributed by atoms with Crippen molar-refractivity contribution < 1.29 is 4.79 Å². The maximum atomic E-state index is 11.2. The highest BCUT2D eigenvalue weighted by Crippen LogP contribution is 2.18. The molecule has 0 radical (unpaired) electrons. The van der Waals surface area contributed by atoms with Crippen LogP contribution in [0.3, 0.4) is 0 Å². The first-order chi connectivity index (χ1) is 10.2. The van der Waals surface area contributed by atoms with Crippen LogP contribution >= 0.6 is 11.6 Å². The van der Waals surface area contributed by atoms with Gasteiger partial charge >= 0.3 is 0 Å². The van der Waals surface area contributed by atoms with Crippen LogP contribution in [0.5, 0.6) is 0 Å². The third-order valence-electron chi connectivity index (χ3n) is 3.83. The second-order valence-electron chi connectivity index (χ2n) is 5.46. The zero-order chi connectivity index (χ0) is 14.7. The predicted molar refractivity (Wildman–Crippen MR) is 80.6 cm³/mol. The lowest BCUT2D eigenvalue weighted by molar-refractivity contribution is -0.119. The third-order valence-corrected chi connectivity index (χ3v) is 4.00. The van der Waals surface area contributed by atoms with Crippen LogP contribution in [0.2, 0.25) is 5.28 Å². The van der Waals surface area contributed by atoms with E-state index < -0.39 is 0 Å². The number of amides is 1. The first-order valence-corrected chi connectivity index (χ1v) is 7.78. The number of hydrogen-bond acceptors (Lipinski definition) is 6. The van der Waals surface area contributed by atoms with E-state index in [-0.39, 0.29) is 17.2 Å². The van der Waals surface area contributed by atoms with Crippen molar-refractivity contribution in [3.05, 3.63) is 5.28 Å². The lowest BCUT2D eigenvalue weighted by Crippen LogP contribution is -2.33. The van der Waals surface area contributed by atoms with Gasteiger partial charge in [-0.2, -0.15) is 15.0 Å². The van der Waals surface area contributed by atoms with Crippen molar-refractivity contribution in [3.63, 3.8) is 0 Å². The van der Waals surface area contributed by atoms with Gasteiger partial charge in [0.15, 0.2) is 0 Å². The Labute approximate surface area is 128 Å². The Hall–Kier alpha value is -1.63. The second kappa shape index (κ2) is 6.43. The van der Waals surface area contributed by atoms with Crippen molar-refractivity contribution in [3.8, 4) is 0 Å². The minimum Gasteiger partial charge on any atom is -0.352 e. The SMILES string of the molecule is O=C1CCC(CNc2nc(Cl)nc(N3CCCCC3)n2)N1. The summed E-state index contributed by atoms with van der Waals surface area (Å²) in [5, 5.41) is 6.24. The summed E-state index contributed by atoms with van der Waals surface area (Å²) in [4.78, 5) is 26.1. The fraction of sp³-hybridized carbons (Fsp3) is 0.692. The van der Waals surface area contributed by atoms with Gasteiger partial charge in [-0.15, -0.1) is 0 Å². The Balaban J connectivity index is 1.64. The second-order valence-corrected chi connectivity index (χ2v) is 5.80. The molecule has 0 saturated carbocycles. The maximum absolute atomic E-state index is 11.2. The number of carbonyl (C=O) groups is 1. The van der Waals surface area contributed by atoms with Gasteiger partial charge in [0.05, 0.1) is 0 Å². The quantitative estimate of drug-likeness (QED) is 0.869. The van der Waals surface area contributed by atoms with Gasteiger partial charge in [-0.05, 0) is 37.3 Å². The van der Waals surface area contributed by atoms with Crippen LogP contribution in [0.1, 0.15) is 32.1 Å². The molecule has 2 saturated heterocycles. The standard InChI is InChI=1S/C13H19ClN6O/c14-11-17-12(15-8-9-4-5-10(21)16-9)19-13(18-11)20-6-2-1-3-7-20/h9H,1-8H2,(H,16,21)(H,15,17,18,19). The lowest BCUT2D eigenvalue weighted by Gasteiger charge is -2.26. The average Bonchev–Trinajstić information content (AvgIpc) is 2.91. The fourth-order valence-corrected chi connectivity index (χ4v) is 2.85. The Bertz CT molecular complexity index is 519. The summed E-state index contributed by atoms with van der Waals surface area (Å²) in [6.45, 7) is 2.52. The summed E-state index contributed by atoms with van der Waals surface area (Å²) in [5.41, 5.74) is 0. The van der Waals surface area contributed by atoms with E-state index in [1.807, 2.05) is 0 Å². The van der Waals surface area contributed by atoms with Gasteiger partial charge in [-0.25, -0.2) is 0 Å². The number of piperidine rings is 1. The van der Waals surface area contributed by atoms with Crippen molar-refractivity contribution in [1.29, 1.82) is 0 Å². The molecule has 7 nitrogen and oxygen atoms in total. The van der Waals surface area contributed by atoms with E-state index in [9.17, 15) is 4.79 Å². The summed E-state index contributed by atoms with van der Waals surface area (Å²) >= 11 is 5.99. The Morgan fingerprint density at radius 1 is 1.24 bits per heavy atom. The van der Waals surface area contributed by atoms with Gasteiger partial charge in [0, 0.05) is 32.1 Å². The number of carbonyl (C=O) groups excluding carboxylic acids is 1. The lowest BCUT2D eigenvalue weighted by atomic mass is 10.1. The number of aromatic nitrogens is 3. The molecule has 2 N–H and O–H groups in total. The van der Waals surface area contributed by atoms with Gasteiger partial charge in [0.25, 0.3) is 0 Å². The maximum Gasteiger partial charge on any atom is 0.231 e. The fourth-order valence-electron chi connectivity index (χ4n) is 2.70. The smallest absolute Gasteiger partial charge is 0.231 e. The molecular weight excluding hydrogens is 292 g/mol. The van der Waals surface area contributed by atoms with E-state index in [0.29, 0.717) is 24.9 Å². The largest absolute Gasteiger partial charge is 0.352 e. The van der Waals surface area contributed by atoms with Crippen molar-refractivity contribution in [2.75, 3.05) is 29.9 Å². The highest BCUT2D eigenvalue weighted by molar-refractivity contribution is 6.28. The highest BCUT2D eigenvalue weighted by Gasteiger charge is 2.21. The first kappa shape index (κ1) is 14.3. The Kier molecular flexibility index (Phi) is 4.38. The first-order valence-electron chi connectivity index (χ1n) is 7.40. The van der Waals surface area contributed by atoms with Crippen LogP contribution < -0.4 is 15.5 Å². The molecule has 1 aromatic rings. The number of nitrogens with one attached hydrogen (secondary N) is 2.